The molecule has 1 heterocycles. The average molecular weight is 294 g/mol. The topological polar surface area (TPSA) is 87.1 Å². The Morgan fingerprint density at radius 1 is 1.05 bits per heavy atom. The number of hydrogen-bond acceptors (Lipinski definition) is 5. The molecule has 6 nitrogen and oxygen atoms in total. The van der Waals surface area contributed by atoms with Crippen molar-refractivity contribution in [2.75, 3.05) is 17.7 Å². The summed E-state index contributed by atoms with van der Waals surface area (Å²) in [5.74, 6) is 0.229. The number of nitrogens with one attached hydrogen (secondary N) is 2. The molecule has 3 rings (SSSR count). The highest BCUT2D eigenvalue weighted by Gasteiger charge is 2.07. The van der Waals surface area contributed by atoms with Gasteiger partial charge in [0.1, 0.15) is 5.82 Å². The van der Waals surface area contributed by atoms with Crippen molar-refractivity contribution in [1.82, 2.24) is 9.97 Å². The van der Waals surface area contributed by atoms with E-state index >= 15 is 0 Å². The molecule has 3 aromatic rings. The van der Waals surface area contributed by atoms with Crippen molar-refractivity contribution in [2.24, 2.45) is 0 Å². The van der Waals surface area contributed by atoms with Gasteiger partial charge in [0, 0.05) is 18.1 Å². The van der Waals surface area contributed by atoms with Gasteiger partial charge in [0.05, 0.1) is 11.1 Å². The van der Waals surface area contributed by atoms with E-state index in [4.69, 9.17) is 5.11 Å². The first-order valence-corrected chi connectivity index (χ1v) is 6.72. The van der Waals surface area contributed by atoms with E-state index in [-0.39, 0.29) is 5.56 Å². The minimum absolute atomic E-state index is 0.237. The van der Waals surface area contributed by atoms with E-state index in [1.54, 1.807) is 19.2 Å². The number of anilines is 3. The molecule has 0 saturated heterocycles. The highest BCUT2D eigenvalue weighted by Crippen LogP contribution is 2.23. The number of aromatic nitrogens is 2. The third kappa shape index (κ3) is 2.67. The van der Waals surface area contributed by atoms with Gasteiger partial charge in [-0.15, -0.1) is 0 Å². The highest BCUT2D eigenvalue weighted by atomic mass is 16.4. The molecule has 0 radical (unpaired) electrons. The third-order valence-electron chi connectivity index (χ3n) is 3.23. The lowest BCUT2D eigenvalue weighted by Gasteiger charge is -2.09. The summed E-state index contributed by atoms with van der Waals surface area (Å²) in [7, 11) is 1.81. The molecule has 0 aliphatic carbocycles. The zero-order valence-corrected chi connectivity index (χ0v) is 11.9. The van der Waals surface area contributed by atoms with Crippen LogP contribution in [0.5, 0.6) is 0 Å². The Hall–Kier alpha value is -3.15. The Balaban J connectivity index is 1.95. The Morgan fingerprint density at radius 2 is 1.77 bits per heavy atom. The first-order valence-electron chi connectivity index (χ1n) is 6.72. The molecule has 0 atom stereocenters. The maximum absolute atomic E-state index is 10.8. The molecule has 0 unspecified atom stereocenters. The van der Waals surface area contributed by atoms with Gasteiger partial charge in [0.25, 0.3) is 0 Å². The van der Waals surface area contributed by atoms with E-state index in [9.17, 15) is 4.79 Å². The van der Waals surface area contributed by atoms with Crippen molar-refractivity contribution in [3.8, 4) is 0 Å². The van der Waals surface area contributed by atoms with Gasteiger partial charge in [-0.05, 0) is 36.4 Å². The molecule has 6 heteroatoms. The number of aromatic carboxylic acids is 1. The predicted molar refractivity (Wildman–Crippen MR) is 85.8 cm³/mol. The summed E-state index contributed by atoms with van der Waals surface area (Å²) in [6.07, 6.45) is 0. The molecule has 0 fully saturated rings. The largest absolute Gasteiger partial charge is 0.478 e. The Kier molecular flexibility index (Phi) is 3.57. The smallest absolute Gasteiger partial charge is 0.335 e. The molecular formula is C16H14N4O2. The molecule has 22 heavy (non-hydrogen) atoms. The molecule has 0 amide bonds. The lowest BCUT2D eigenvalue weighted by atomic mass is 10.2. The normalized spacial score (nSPS) is 10.4. The highest BCUT2D eigenvalue weighted by molar-refractivity contribution is 5.90. The van der Waals surface area contributed by atoms with Crippen LogP contribution < -0.4 is 10.6 Å². The summed E-state index contributed by atoms with van der Waals surface area (Å²) in [6.45, 7) is 0. The molecule has 0 aliphatic heterocycles. The van der Waals surface area contributed by atoms with E-state index in [1.165, 1.54) is 12.1 Å². The van der Waals surface area contributed by atoms with Crippen LogP contribution in [-0.2, 0) is 0 Å². The Labute approximate surface area is 126 Å². The fraction of sp³-hybridized carbons (Fsp3) is 0.0625. The van der Waals surface area contributed by atoms with Crippen LogP contribution >= 0.6 is 0 Å². The maximum atomic E-state index is 10.8. The molecule has 2 aromatic carbocycles. The van der Waals surface area contributed by atoms with Crippen molar-refractivity contribution in [3.05, 3.63) is 54.1 Å². The lowest BCUT2D eigenvalue weighted by Crippen LogP contribution is -2.02. The van der Waals surface area contributed by atoms with Gasteiger partial charge in [-0.3, -0.25) is 0 Å². The monoisotopic (exact) mass is 294 g/mol. The van der Waals surface area contributed by atoms with E-state index < -0.39 is 5.97 Å². The summed E-state index contributed by atoms with van der Waals surface area (Å²) in [5, 5.41) is 16.0. The zero-order valence-electron chi connectivity index (χ0n) is 11.9. The van der Waals surface area contributed by atoms with Gasteiger partial charge in [0.2, 0.25) is 5.95 Å². The summed E-state index contributed by atoms with van der Waals surface area (Å²) in [5.41, 5.74) is 1.79. The molecule has 0 bridgehead atoms. The molecule has 3 N–H and O–H groups in total. The quantitative estimate of drug-likeness (QED) is 0.685. The second kappa shape index (κ2) is 5.69. The van der Waals surface area contributed by atoms with Crippen LogP contribution in [0.25, 0.3) is 10.9 Å². The first kappa shape index (κ1) is 13.8. The Morgan fingerprint density at radius 3 is 2.45 bits per heavy atom. The predicted octanol–water partition coefficient (Wildman–Crippen LogP) is 3.11. The molecule has 1 aromatic heterocycles. The van der Waals surface area contributed by atoms with Crippen molar-refractivity contribution in [1.29, 1.82) is 0 Å². The number of benzene rings is 2. The van der Waals surface area contributed by atoms with E-state index in [0.29, 0.717) is 5.95 Å². The number of carboxylic acids is 1. The summed E-state index contributed by atoms with van der Waals surface area (Å²) in [4.78, 5) is 19.7. The first-order chi connectivity index (χ1) is 10.7. The number of rotatable bonds is 4. The number of nitrogens with zero attached hydrogens (tertiary/aromatic N) is 2. The van der Waals surface area contributed by atoms with Gasteiger partial charge in [0.15, 0.2) is 0 Å². The number of fused-ring (bicyclic) bond motifs is 1. The molecule has 0 saturated carbocycles. The van der Waals surface area contributed by atoms with Gasteiger partial charge in [-0.25, -0.2) is 9.78 Å². The van der Waals surface area contributed by atoms with Crippen molar-refractivity contribution in [2.45, 2.75) is 0 Å². The summed E-state index contributed by atoms with van der Waals surface area (Å²) >= 11 is 0. The molecule has 110 valence electrons. The number of para-hydroxylation sites is 1. The number of hydrogen-bond donors (Lipinski definition) is 3. The third-order valence-corrected chi connectivity index (χ3v) is 3.23. The van der Waals surface area contributed by atoms with E-state index in [0.717, 1.165) is 22.4 Å². The van der Waals surface area contributed by atoms with Gasteiger partial charge in [-0.1, -0.05) is 12.1 Å². The zero-order chi connectivity index (χ0) is 15.5. The van der Waals surface area contributed by atoms with Gasteiger partial charge >= 0.3 is 5.97 Å². The van der Waals surface area contributed by atoms with Crippen molar-refractivity contribution in [3.63, 3.8) is 0 Å². The number of carbonyl (C=O) groups is 1. The summed E-state index contributed by atoms with van der Waals surface area (Å²) in [6, 6.07) is 14.1. The van der Waals surface area contributed by atoms with Crippen LogP contribution in [0, 0.1) is 0 Å². The van der Waals surface area contributed by atoms with Gasteiger partial charge in [-0.2, -0.15) is 4.98 Å². The lowest BCUT2D eigenvalue weighted by molar-refractivity contribution is 0.0697. The van der Waals surface area contributed by atoms with Crippen LogP contribution in [-0.4, -0.2) is 28.1 Å². The molecule has 0 spiro atoms. The average Bonchev–Trinajstić information content (AvgIpc) is 2.54. The SMILES string of the molecule is CNc1nc(Nc2ccc(C(=O)O)cc2)nc2ccccc12. The van der Waals surface area contributed by atoms with Gasteiger partial charge < -0.3 is 15.7 Å². The van der Waals surface area contributed by atoms with Crippen LogP contribution in [0.15, 0.2) is 48.5 Å². The van der Waals surface area contributed by atoms with Crippen molar-refractivity contribution < 1.29 is 9.90 Å². The standard InChI is InChI=1S/C16H14N4O2/c1-17-14-12-4-2-3-5-13(12)19-16(20-14)18-11-8-6-10(7-9-11)15(21)22/h2-9H,1H3,(H,21,22)(H2,17,18,19,20). The van der Waals surface area contributed by atoms with Crippen LogP contribution in [0.3, 0.4) is 0 Å². The second-order valence-electron chi connectivity index (χ2n) is 4.67. The maximum Gasteiger partial charge on any atom is 0.335 e. The van der Waals surface area contributed by atoms with E-state index in [2.05, 4.69) is 20.6 Å². The van der Waals surface area contributed by atoms with Crippen LogP contribution in [0.2, 0.25) is 0 Å². The fourth-order valence-corrected chi connectivity index (χ4v) is 2.15. The molecule has 0 aliphatic rings. The summed E-state index contributed by atoms with van der Waals surface area (Å²) < 4.78 is 0. The van der Waals surface area contributed by atoms with Crippen molar-refractivity contribution >= 4 is 34.3 Å². The minimum atomic E-state index is -0.953. The van der Waals surface area contributed by atoms with E-state index in [1.807, 2.05) is 24.3 Å². The minimum Gasteiger partial charge on any atom is -0.478 e. The van der Waals surface area contributed by atoms with Crippen LogP contribution in [0.1, 0.15) is 10.4 Å². The second-order valence-corrected chi connectivity index (χ2v) is 4.67. The Bertz CT molecular complexity index is 831. The van der Waals surface area contributed by atoms with Crippen LogP contribution in [0.4, 0.5) is 17.5 Å². The fourth-order valence-electron chi connectivity index (χ4n) is 2.15. The molecular weight excluding hydrogens is 280 g/mol. The number of carboxylic acid groups (broad SMARTS) is 1.